The summed E-state index contributed by atoms with van der Waals surface area (Å²) >= 11 is 6.04. The van der Waals surface area contributed by atoms with Gasteiger partial charge in [-0.3, -0.25) is 0 Å². The molecular formula is C13H12ClNO5S. The van der Waals surface area contributed by atoms with E-state index in [0.717, 1.165) is 0 Å². The summed E-state index contributed by atoms with van der Waals surface area (Å²) in [5, 5.41) is 4.03. The van der Waals surface area contributed by atoms with Crippen molar-refractivity contribution in [3.63, 3.8) is 0 Å². The van der Waals surface area contributed by atoms with Crippen LogP contribution in [0.2, 0.25) is 5.02 Å². The number of hydrogen-bond acceptors (Lipinski definition) is 6. The van der Waals surface area contributed by atoms with Crippen molar-refractivity contribution in [2.75, 3.05) is 6.79 Å². The molecule has 0 N–H and O–H groups in total. The molecular weight excluding hydrogens is 318 g/mol. The number of rotatable bonds is 4. The van der Waals surface area contributed by atoms with Crippen LogP contribution in [-0.2, 0) is 21.3 Å². The predicted octanol–water partition coefficient (Wildman–Crippen LogP) is 2.48. The van der Waals surface area contributed by atoms with Crippen LogP contribution in [0.4, 0.5) is 0 Å². The molecule has 0 radical (unpaired) electrons. The van der Waals surface area contributed by atoms with Gasteiger partial charge in [0.05, 0.1) is 22.2 Å². The van der Waals surface area contributed by atoms with Crippen LogP contribution in [0.1, 0.15) is 17.0 Å². The Kier molecular flexibility index (Phi) is 3.54. The first-order valence-corrected chi connectivity index (χ1v) is 8.33. The first kappa shape index (κ1) is 14.2. The molecule has 112 valence electrons. The molecule has 0 amide bonds. The quantitative estimate of drug-likeness (QED) is 0.857. The summed E-state index contributed by atoms with van der Waals surface area (Å²) in [5.41, 5.74) is 0.934. The van der Waals surface area contributed by atoms with E-state index in [-0.39, 0.29) is 18.3 Å². The lowest BCUT2D eigenvalue weighted by atomic mass is 10.2. The molecule has 6 nitrogen and oxygen atoms in total. The third-order valence-electron chi connectivity index (χ3n) is 2.92. The van der Waals surface area contributed by atoms with Gasteiger partial charge in [0.15, 0.2) is 21.3 Å². The van der Waals surface area contributed by atoms with E-state index in [4.69, 9.17) is 25.6 Å². The fourth-order valence-corrected chi connectivity index (χ4v) is 3.77. The molecule has 8 heteroatoms. The number of aromatic nitrogens is 1. The maximum atomic E-state index is 12.2. The van der Waals surface area contributed by atoms with E-state index in [1.165, 1.54) is 0 Å². The standard InChI is InChI=1S/C13H12ClNO5S/c1-8-2-10(15-20-8)6-21(16,17)5-9-3-11(14)13-12(4-9)18-7-19-13/h2-4H,5-7H2,1H3. The molecule has 0 aliphatic carbocycles. The number of fused-ring (bicyclic) bond motifs is 1. The second-order valence-corrected chi connectivity index (χ2v) is 7.24. The second kappa shape index (κ2) is 5.23. The van der Waals surface area contributed by atoms with Gasteiger partial charge in [-0.2, -0.15) is 0 Å². The van der Waals surface area contributed by atoms with E-state index in [1.54, 1.807) is 25.1 Å². The van der Waals surface area contributed by atoms with Crippen molar-refractivity contribution in [1.29, 1.82) is 0 Å². The minimum absolute atomic E-state index is 0.0868. The summed E-state index contributed by atoms with van der Waals surface area (Å²) in [4.78, 5) is 0. The molecule has 1 aromatic carbocycles. The van der Waals surface area contributed by atoms with E-state index in [1.807, 2.05) is 0 Å². The Morgan fingerprint density at radius 1 is 1.24 bits per heavy atom. The molecule has 2 aromatic rings. The molecule has 1 aromatic heterocycles. The van der Waals surface area contributed by atoms with Gasteiger partial charge in [-0.25, -0.2) is 8.42 Å². The van der Waals surface area contributed by atoms with Gasteiger partial charge in [-0.05, 0) is 24.6 Å². The van der Waals surface area contributed by atoms with Gasteiger partial charge in [0.1, 0.15) is 5.76 Å². The lowest BCUT2D eigenvalue weighted by Gasteiger charge is -2.05. The summed E-state index contributed by atoms with van der Waals surface area (Å²) in [6.07, 6.45) is 0. The zero-order valence-electron chi connectivity index (χ0n) is 11.1. The molecule has 0 saturated carbocycles. The van der Waals surface area contributed by atoms with Crippen molar-refractivity contribution in [2.24, 2.45) is 0 Å². The zero-order valence-corrected chi connectivity index (χ0v) is 12.7. The lowest BCUT2D eigenvalue weighted by molar-refractivity contribution is 0.174. The van der Waals surface area contributed by atoms with Crippen LogP contribution in [-0.4, -0.2) is 20.4 Å². The monoisotopic (exact) mass is 329 g/mol. The topological polar surface area (TPSA) is 78.6 Å². The highest BCUT2D eigenvalue weighted by molar-refractivity contribution is 7.89. The number of ether oxygens (including phenoxy) is 2. The predicted molar refractivity (Wildman–Crippen MR) is 75.1 cm³/mol. The van der Waals surface area contributed by atoms with Gasteiger partial charge in [-0.1, -0.05) is 16.8 Å². The van der Waals surface area contributed by atoms with Crippen LogP contribution < -0.4 is 9.47 Å². The third-order valence-corrected chi connectivity index (χ3v) is 4.71. The molecule has 3 rings (SSSR count). The first-order valence-electron chi connectivity index (χ1n) is 6.13. The Balaban J connectivity index is 1.81. The van der Waals surface area contributed by atoms with Crippen molar-refractivity contribution >= 4 is 21.4 Å². The average Bonchev–Trinajstić information content (AvgIpc) is 2.97. The zero-order chi connectivity index (χ0) is 15.0. The van der Waals surface area contributed by atoms with Gasteiger partial charge in [0.2, 0.25) is 6.79 Å². The molecule has 1 aliphatic rings. The third kappa shape index (κ3) is 3.14. The first-order chi connectivity index (χ1) is 9.93. The Labute approximate surface area is 126 Å². The number of benzene rings is 1. The number of sulfone groups is 1. The van der Waals surface area contributed by atoms with Crippen LogP contribution in [0.5, 0.6) is 11.5 Å². The van der Waals surface area contributed by atoms with Crippen molar-refractivity contribution in [1.82, 2.24) is 5.16 Å². The number of halogens is 1. The minimum atomic E-state index is -3.39. The SMILES string of the molecule is Cc1cc(CS(=O)(=O)Cc2cc(Cl)c3c(c2)OCO3)no1. The average molecular weight is 330 g/mol. The molecule has 1 aliphatic heterocycles. The largest absolute Gasteiger partial charge is 0.454 e. The highest BCUT2D eigenvalue weighted by atomic mass is 35.5. The number of aryl methyl sites for hydroxylation is 1. The molecule has 0 fully saturated rings. The van der Waals surface area contributed by atoms with Crippen LogP contribution >= 0.6 is 11.6 Å². The van der Waals surface area contributed by atoms with Crippen LogP contribution in [0.25, 0.3) is 0 Å². The van der Waals surface area contributed by atoms with Crippen LogP contribution in [0, 0.1) is 6.92 Å². The second-order valence-electron chi connectivity index (χ2n) is 4.77. The van der Waals surface area contributed by atoms with Crippen molar-refractivity contribution in [2.45, 2.75) is 18.4 Å². The van der Waals surface area contributed by atoms with Crippen LogP contribution in [0.15, 0.2) is 22.7 Å². The summed E-state index contributed by atoms with van der Waals surface area (Å²) < 4.78 is 39.7. The molecule has 0 unspecified atom stereocenters. The summed E-state index contributed by atoms with van der Waals surface area (Å²) in [6.45, 7) is 1.80. The summed E-state index contributed by atoms with van der Waals surface area (Å²) in [6, 6.07) is 4.80. The van der Waals surface area contributed by atoms with E-state index in [2.05, 4.69) is 5.16 Å². The summed E-state index contributed by atoms with van der Waals surface area (Å²) in [5.74, 6) is 1.15. The Morgan fingerprint density at radius 3 is 2.76 bits per heavy atom. The highest BCUT2D eigenvalue weighted by Gasteiger charge is 2.21. The van der Waals surface area contributed by atoms with E-state index < -0.39 is 9.84 Å². The molecule has 0 spiro atoms. The molecule has 2 heterocycles. The normalized spacial score (nSPS) is 13.6. The Morgan fingerprint density at radius 2 is 2.05 bits per heavy atom. The van der Waals surface area contributed by atoms with Gasteiger partial charge in [-0.15, -0.1) is 0 Å². The molecule has 21 heavy (non-hydrogen) atoms. The van der Waals surface area contributed by atoms with Gasteiger partial charge >= 0.3 is 0 Å². The highest BCUT2D eigenvalue weighted by Crippen LogP contribution is 2.40. The van der Waals surface area contributed by atoms with E-state index in [0.29, 0.717) is 33.5 Å². The van der Waals surface area contributed by atoms with Gasteiger partial charge in [0, 0.05) is 6.07 Å². The number of nitrogens with zero attached hydrogens (tertiary/aromatic N) is 1. The van der Waals surface area contributed by atoms with E-state index >= 15 is 0 Å². The maximum Gasteiger partial charge on any atom is 0.231 e. The van der Waals surface area contributed by atoms with E-state index in [9.17, 15) is 8.42 Å². The molecule has 0 bridgehead atoms. The van der Waals surface area contributed by atoms with Crippen molar-refractivity contribution in [3.8, 4) is 11.5 Å². The maximum absolute atomic E-state index is 12.2. The van der Waals surface area contributed by atoms with Crippen molar-refractivity contribution in [3.05, 3.63) is 40.2 Å². The van der Waals surface area contributed by atoms with Gasteiger partial charge in [0.25, 0.3) is 0 Å². The minimum Gasteiger partial charge on any atom is -0.454 e. The van der Waals surface area contributed by atoms with Crippen LogP contribution in [0.3, 0.4) is 0 Å². The van der Waals surface area contributed by atoms with Crippen molar-refractivity contribution < 1.29 is 22.4 Å². The fraction of sp³-hybridized carbons (Fsp3) is 0.308. The Hall–Kier alpha value is -1.73. The fourth-order valence-electron chi connectivity index (χ4n) is 2.12. The van der Waals surface area contributed by atoms with Gasteiger partial charge < -0.3 is 14.0 Å². The molecule has 0 atom stereocenters. The number of hydrogen-bond donors (Lipinski definition) is 0. The smallest absolute Gasteiger partial charge is 0.231 e. The summed E-state index contributed by atoms with van der Waals surface area (Å²) in [7, 11) is -3.39. The Bertz CT molecular complexity index is 784. The lowest BCUT2D eigenvalue weighted by Crippen LogP contribution is -2.08. The molecule has 0 saturated heterocycles.